The summed E-state index contributed by atoms with van der Waals surface area (Å²) in [6.07, 6.45) is 2.15. The highest BCUT2D eigenvalue weighted by Gasteiger charge is 2.26. The quantitative estimate of drug-likeness (QED) is 0.792. The number of hydrogen-bond donors (Lipinski definition) is 3. The number of aromatic amines is 1. The second-order valence-corrected chi connectivity index (χ2v) is 6.64. The lowest BCUT2D eigenvalue weighted by atomic mass is 9.94. The number of rotatable bonds is 3. The molecule has 1 aliphatic heterocycles. The Morgan fingerprint density at radius 1 is 1.15 bits per heavy atom. The number of carbonyl (C=O) groups is 3. The van der Waals surface area contributed by atoms with Crippen molar-refractivity contribution < 1.29 is 14.4 Å². The van der Waals surface area contributed by atoms with Gasteiger partial charge in [0.2, 0.25) is 0 Å². The first-order valence-electron chi connectivity index (χ1n) is 8.76. The van der Waals surface area contributed by atoms with Gasteiger partial charge in [-0.25, -0.2) is 4.79 Å². The molecule has 1 aromatic carbocycles. The van der Waals surface area contributed by atoms with E-state index in [9.17, 15) is 14.4 Å². The first-order chi connectivity index (χ1) is 12.5. The van der Waals surface area contributed by atoms with Crippen LogP contribution in [0.4, 0.5) is 16.2 Å². The lowest BCUT2D eigenvalue weighted by Crippen LogP contribution is -2.27. The summed E-state index contributed by atoms with van der Waals surface area (Å²) in [5.74, 6) is -0.163. The van der Waals surface area contributed by atoms with Crippen LogP contribution in [0.3, 0.4) is 0 Å². The van der Waals surface area contributed by atoms with E-state index >= 15 is 0 Å². The van der Waals surface area contributed by atoms with Crippen molar-refractivity contribution in [3.63, 3.8) is 0 Å². The van der Waals surface area contributed by atoms with Gasteiger partial charge in [0.25, 0.3) is 5.91 Å². The zero-order valence-corrected chi connectivity index (χ0v) is 14.5. The third-order valence-corrected chi connectivity index (χ3v) is 4.96. The van der Waals surface area contributed by atoms with Crippen LogP contribution in [0.15, 0.2) is 24.3 Å². The average molecular weight is 352 g/mol. The topological polar surface area (TPSA) is 94.3 Å². The van der Waals surface area contributed by atoms with Gasteiger partial charge in [-0.1, -0.05) is 0 Å². The number of aromatic nitrogens is 1. The van der Waals surface area contributed by atoms with Gasteiger partial charge < -0.3 is 15.6 Å². The van der Waals surface area contributed by atoms with Crippen molar-refractivity contribution in [3.05, 3.63) is 46.8 Å². The summed E-state index contributed by atoms with van der Waals surface area (Å²) in [6.45, 7) is 3.07. The minimum absolute atomic E-state index is 0.104. The molecule has 3 N–H and O–H groups in total. The van der Waals surface area contributed by atoms with Crippen molar-refractivity contribution in [2.24, 2.45) is 0 Å². The molecule has 1 saturated heterocycles. The summed E-state index contributed by atoms with van der Waals surface area (Å²) in [6, 6.07) is 7.02. The molecule has 0 spiro atoms. The molecule has 0 atom stereocenters. The first kappa shape index (κ1) is 16.4. The van der Waals surface area contributed by atoms with Gasteiger partial charge >= 0.3 is 6.03 Å². The molecule has 4 rings (SSSR count). The molecular formula is C19H20N4O3. The zero-order chi connectivity index (χ0) is 18.3. The fourth-order valence-electron chi connectivity index (χ4n) is 3.64. The molecule has 0 radical (unpaired) electrons. The number of urea groups is 1. The van der Waals surface area contributed by atoms with Crippen molar-refractivity contribution >= 4 is 29.1 Å². The van der Waals surface area contributed by atoms with Crippen LogP contribution in [0.5, 0.6) is 0 Å². The predicted octanol–water partition coefficient (Wildman–Crippen LogP) is 2.62. The van der Waals surface area contributed by atoms with Gasteiger partial charge in [-0.05, 0) is 49.6 Å². The van der Waals surface area contributed by atoms with Gasteiger partial charge in [0.1, 0.15) is 5.69 Å². The third kappa shape index (κ3) is 2.75. The van der Waals surface area contributed by atoms with E-state index in [-0.39, 0.29) is 17.7 Å². The molecule has 2 aromatic rings. The maximum Gasteiger partial charge on any atom is 0.321 e. The Kier molecular flexibility index (Phi) is 3.99. The van der Waals surface area contributed by atoms with Crippen LogP contribution in [0.2, 0.25) is 0 Å². The molecular weight excluding hydrogens is 332 g/mol. The molecule has 7 heteroatoms. The minimum Gasteiger partial charge on any atom is -0.354 e. The maximum atomic E-state index is 12.6. The Hall–Kier alpha value is -3.09. The zero-order valence-electron chi connectivity index (χ0n) is 14.5. The lowest BCUT2D eigenvalue weighted by molar-refractivity contribution is 0.0971. The number of Topliss-reactive ketones (excluding diaryl/α,β-unsaturated/α-hetero) is 1. The average Bonchev–Trinajstić information content (AvgIpc) is 3.20. The second-order valence-electron chi connectivity index (χ2n) is 6.64. The molecule has 0 saturated carbocycles. The smallest absolute Gasteiger partial charge is 0.321 e. The number of benzene rings is 1. The van der Waals surface area contributed by atoms with Crippen LogP contribution in [-0.4, -0.2) is 35.8 Å². The fourth-order valence-corrected chi connectivity index (χ4v) is 3.64. The van der Waals surface area contributed by atoms with E-state index in [4.69, 9.17) is 0 Å². The van der Waals surface area contributed by atoms with Crippen molar-refractivity contribution in [1.29, 1.82) is 0 Å². The van der Waals surface area contributed by atoms with E-state index in [1.165, 1.54) is 0 Å². The van der Waals surface area contributed by atoms with Crippen molar-refractivity contribution in [2.45, 2.75) is 26.2 Å². The van der Waals surface area contributed by atoms with E-state index in [0.717, 1.165) is 24.2 Å². The van der Waals surface area contributed by atoms with Crippen molar-refractivity contribution in [2.75, 3.05) is 23.3 Å². The maximum absolute atomic E-state index is 12.6. The molecule has 1 aliphatic carbocycles. The number of hydrogen-bond acceptors (Lipinski definition) is 3. The number of nitrogens with zero attached hydrogens (tertiary/aromatic N) is 1. The van der Waals surface area contributed by atoms with Crippen LogP contribution >= 0.6 is 0 Å². The summed E-state index contributed by atoms with van der Waals surface area (Å²) >= 11 is 0. The number of fused-ring (bicyclic) bond motifs is 1. The number of aryl methyl sites for hydroxylation is 1. The molecule has 0 bridgehead atoms. The van der Waals surface area contributed by atoms with Crippen LogP contribution in [0.25, 0.3) is 0 Å². The fraction of sp³-hybridized carbons (Fsp3) is 0.316. The molecule has 2 aliphatic rings. The van der Waals surface area contributed by atoms with E-state index in [1.54, 1.807) is 29.2 Å². The highest BCUT2D eigenvalue weighted by molar-refractivity contribution is 6.08. The summed E-state index contributed by atoms with van der Waals surface area (Å²) in [5.41, 5.74) is 4.11. The molecule has 2 heterocycles. The number of H-pyrrole nitrogens is 1. The van der Waals surface area contributed by atoms with Crippen molar-refractivity contribution in [3.8, 4) is 0 Å². The summed E-state index contributed by atoms with van der Waals surface area (Å²) in [7, 11) is 0. The Labute approximate surface area is 150 Å². The second kappa shape index (κ2) is 6.33. The Morgan fingerprint density at radius 3 is 2.58 bits per heavy atom. The summed E-state index contributed by atoms with van der Waals surface area (Å²) in [5, 5.41) is 5.61. The number of nitrogens with one attached hydrogen (secondary N) is 3. The molecule has 1 aromatic heterocycles. The number of anilines is 2. The molecule has 134 valence electrons. The molecule has 26 heavy (non-hydrogen) atoms. The van der Waals surface area contributed by atoms with E-state index in [2.05, 4.69) is 15.6 Å². The first-order valence-corrected chi connectivity index (χ1v) is 8.76. The Morgan fingerprint density at radius 2 is 1.92 bits per heavy atom. The van der Waals surface area contributed by atoms with Crippen LogP contribution < -0.4 is 15.5 Å². The molecule has 1 fully saturated rings. The summed E-state index contributed by atoms with van der Waals surface area (Å²) < 4.78 is 0. The van der Waals surface area contributed by atoms with E-state index in [1.807, 2.05) is 6.92 Å². The molecule has 0 unspecified atom stereocenters. The highest BCUT2D eigenvalue weighted by atomic mass is 16.2. The van der Waals surface area contributed by atoms with Gasteiger partial charge in [-0.3, -0.25) is 14.5 Å². The van der Waals surface area contributed by atoms with Gasteiger partial charge in [-0.2, -0.15) is 0 Å². The van der Waals surface area contributed by atoms with Gasteiger partial charge in [0.15, 0.2) is 5.78 Å². The lowest BCUT2D eigenvalue weighted by Gasteiger charge is -2.14. The molecule has 7 nitrogen and oxygen atoms in total. The Bertz CT molecular complexity index is 898. The van der Waals surface area contributed by atoms with Crippen molar-refractivity contribution in [1.82, 2.24) is 10.3 Å². The predicted molar refractivity (Wildman–Crippen MR) is 97.9 cm³/mol. The normalized spacial score (nSPS) is 16.4. The summed E-state index contributed by atoms with van der Waals surface area (Å²) in [4.78, 5) is 41.2. The van der Waals surface area contributed by atoms with Crippen LogP contribution in [0, 0.1) is 6.92 Å². The largest absolute Gasteiger partial charge is 0.354 e. The van der Waals surface area contributed by atoms with Gasteiger partial charge in [-0.15, -0.1) is 0 Å². The minimum atomic E-state index is -0.267. The standard InChI is InChI=1S/C19H20N4O3/c1-11-16-14(3-2-4-15(16)24)22-17(11)18(25)21-12-5-7-13(8-6-12)23-10-9-20-19(23)26/h5-8,22H,2-4,9-10H2,1H3,(H,20,26)(H,21,25). The Balaban J connectivity index is 1.52. The van der Waals surface area contributed by atoms with E-state index in [0.29, 0.717) is 42.0 Å². The van der Waals surface area contributed by atoms with Gasteiger partial charge in [0.05, 0.1) is 0 Å². The van der Waals surface area contributed by atoms with E-state index < -0.39 is 0 Å². The third-order valence-electron chi connectivity index (χ3n) is 4.96. The van der Waals surface area contributed by atoms with Gasteiger partial charge in [0, 0.05) is 42.1 Å². The SMILES string of the molecule is Cc1c(C(=O)Nc2ccc(N3CCNC3=O)cc2)[nH]c2c1C(=O)CCC2. The van der Waals surface area contributed by atoms with Crippen LogP contribution in [-0.2, 0) is 6.42 Å². The number of carbonyl (C=O) groups excluding carboxylic acids is 3. The highest BCUT2D eigenvalue weighted by Crippen LogP contribution is 2.27. The number of ketones is 1. The number of amides is 3. The monoisotopic (exact) mass is 352 g/mol. The van der Waals surface area contributed by atoms with Crippen LogP contribution in [0.1, 0.15) is 44.9 Å². The molecule has 3 amide bonds.